The van der Waals surface area contributed by atoms with Crippen LogP contribution in [-0.4, -0.2) is 25.3 Å². The summed E-state index contributed by atoms with van der Waals surface area (Å²) in [6, 6.07) is 13.7. The topological polar surface area (TPSA) is 12.5 Å². The van der Waals surface area contributed by atoms with Crippen LogP contribution in [-0.2, 0) is 17.6 Å². The first-order chi connectivity index (χ1) is 11.9. The SMILES string of the molecule is Cc1ccc(CCc2c(C)cc(N3C[C@@H](C)O[C@@H](C)C3)cc2C)cc1. The Bertz CT molecular complexity index is 686. The van der Waals surface area contributed by atoms with E-state index in [-0.39, 0.29) is 0 Å². The highest BCUT2D eigenvalue weighted by Gasteiger charge is 2.23. The van der Waals surface area contributed by atoms with Gasteiger partial charge in [0.15, 0.2) is 0 Å². The highest BCUT2D eigenvalue weighted by molar-refractivity contribution is 5.55. The number of ether oxygens (including phenoxy) is 1. The van der Waals surface area contributed by atoms with E-state index < -0.39 is 0 Å². The maximum absolute atomic E-state index is 5.88. The number of hydrogen-bond acceptors (Lipinski definition) is 2. The van der Waals surface area contributed by atoms with Crippen molar-refractivity contribution in [1.82, 2.24) is 0 Å². The summed E-state index contributed by atoms with van der Waals surface area (Å²) in [5.41, 5.74) is 8.41. The molecule has 0 radical (unpaired) electrons. The molecule has 1 heterocycles. The smallest absolute Gasteiger partial charge is 0.0726 e. The number of nitrogens with zero attached hydrogens (tertiary/aromatic N) is 1. The lowest BCUT2D eigenvalue weighted by molar-refractivity contribution is -0.00522. The highest BCUT2D eigenvalue weighted by atomic mass is 16.5. The second-order valence-corrected chi connectivity index (χ2v) is 7.71. The van der Waals surface area contributed by atoms with E-state index in [0.29, 0.717) is 12.2 Å². The first-order valence-corrected chi connectivity index (χ1v) is 9.48. The summed E-state index contributed by atoms with van der Waals surface area (Å²) in [6.07, 6.45) is 2.81. The van der Waals surface area contributed by atoms with Crippen molar-refractivity contribution in [1.29, 1.82) is 0 Å². The molecule has 2 atom stereocenters. The Labute approximate surface area is 152 Å². The normalized spacial score (nSPS) is 20.8. The van der Waals surface area contributed by atoms with E-state index >= 15 is 0 Å². The zero-order chi connectivity index (χ0) is 18.0. The van der Waals surface area contributed by atoms with Gasteiger partial charge in [-0.1, -0.05) is 29.8 Å². The van der Waals surface area contributed by atoms with Gasteiger partial charge in [-0.05, 0) is 81.8 Å². The summed E-state index contributed by atoms with van der Waals surface area (Å²) < 4.78 is 5.88. The molecule has 0 amide bonds. The van der Waals surface area contributed by atoms with E-state index in [4.69, 9.17) is 4.74 Å². The molecule has 1 aliphatic heterocycles. The summed E-state index contributed by atoms with van der Waals surface area (Å²) in [5, 5.41) is 0. The molecule has 2 aromatic rings. The Morgan fingerprint density at radius 2 is 1.44 bits per heavy atom. The van der Waals surface area contributed by atoms with Crippen molar-refractivity contribution >= 4 is 5.69 Å². The lowest BCUT2D eigenvalue weighted by atomic mass is 9.95. The van der Waals surface area contributed by atoms with Gasteiger partial charge in [0.05, 0.1) is 12.2 Å². The largest absolute Gasteiger partial charge is 0.372 e. The molecule has 2 heteroatoms. The number of hydrogen-bond donors (Lipinski definition) is 0. The number of anilines is 1. The quantitative estimate of drug-likeness (QED) is 0.777. The van der Waals surface area contributed by atoms with Crippen molar-refractivity contribution in [2.45, 2.75) is 59.7 Å². The van der Waals surface area contributed by atoms with Gasteiger partial charge in [-0.3, -0.25) is 0 Å². The fraction of sp³-hybridized carbons (Fsp3) is 0.478. The molecule has 2 aromatic carbocycles. The predicted molar refractivity (Wildman–Crippen MR) is 107 cm³/mol. The van der Waals surface area contributed by atoms with Crippen LogP contribution in [0.15, 0.2) is 36.4 Å². The minimum atomic E-state index is 0.297. The minimum Gasteiger partial charge on any atom is -0.372 e. The van der Waals surface area contributed by atoms with Gasteiger partial charge >= 0.3 is 0 Å². The van der Waals surface area contributed by atoms with Gasteiger partial charge < -0.3 is 9.64 Å². The molecule has 1 saturated heterocycles. The third-order valence-corrected chi connectivity index (χ3v) is 5.25. The van der Waals surface area contributed by atoms with Gasteiger partial charge in [-0.2, -0.15) is 0 Å². The number of morpholine rings is 1. The van der Waals surface area contributed by atoms with Crippen LogP contribution in [0.5, 0.6) is 0 Å². The first kappa shape index (κ1) is 18.0. The molecule has 1 fully saturated rings. The van der Waals surface area contributed by atoms with Crippen LogP contribution in [0.3, 0.4) is 0 Å². The van der Waals surface area contributed by atoms with Gasteiger partial charge in [-0.15, -0.1) is 0 Å². The van der Waals surface area contributed by atoms with Gasteiger partial charge in [0.2, 0.25) is 0 Å². The number of aryl methyl sites for hydroxylation is 4. The minimum absolute atomic E-state index is 0.297. The molecular weight excluding hydrogens is 306 g/mol. The lowest BCUT2D eigenvalue weighted by Crippen LogP contribution is -2.45. The van der Waals surface area contributed by atoms with Crippen LogP contribution in [0.2, 0.25) is 0 Å². The Morgan fingerprint density at radius 3 is 2.00 bits per heavy atom. The zero-order valence-corrected chi connectivity index (χ0v) is 16.3. The van der Waals surface area contributed by atoms with Crippen molar-refractivity contribution < 1.29 is 4.74 Å². The summed E-state index contributed by atoms with van der Waals surface area (Å²) in [5.74, 6) is 0. The average molecular weight is 338 g/mol. The van der Waals surface area contributed by atoms with Crippen molar-refractivity contribution in [3.8, 4) is 0 Å². The molecule has 0 spiro atoms. The lowest BCUT2D eigenvalue weighted by Gasteiger charge is -2.37. The molecule has 1 aliphatic rings. The molecule has 0 N–H and O–H groups in total. The molecule has 0 aliphatic carbocycles. The standard InChI is InChI=1S/C23H31NO/c1-16-6-8-21(9-7-16)10-11-23-17(2)12-22(13-18(23)3)24-14-19(4)25-20(5)15-24/h6-9,12-13,19-20H,10-11,14-15H2,1-5H3/t19-,20+. The maximum atomic E-state index is 5.88. The highest BCUT2D eigenvalue weighted by Crippen LogP contribution is 2.27. The fourth-order valence-corrected chi connectivity index (χ4v) is 3.96. The van der Waals surface area contributed by atoms with Crippen LogP contribution >= 0.6 is 0 Å². The summed E-state index contributed by atoms with van der Waals surface area (Å²) in [7, 11) is 0. The van der Waals surface area contributed by atoms with Gasteiger partial charge in [0.1, 0.15) is 0 Å². The van der Waals surface area contributed by atoms with Crippen molar-refractivity contribution in [3.05, 3.63) is 64.2 Å². The van der Waals surface area contributed by atoms with Crippen molar-refractivity contribution in [2.24, 2.45) is 0 Å². The second-order valence-electron chi connectivity index (χ2n) is 7.71. The van der Waals surface area contributed by atoms with Crippen LogP contribution in [0, 0.1) is 20.8 Å². The van der Waals surface area contributed by atoms with E-state index in [2.05, 4.69) is 75.9 Å². The van der Waals surface area contributed by atoms with E-state index in [0.717, 1.165) is 25.9 Å². The summed E-state index contributed by atoms with van der Waals surface area (Å²) in [6.45, 7) is 12.9. The van der Waals surface area contributed by atoms with Gasteiger partial charge in [-0.25, -0.2) is 0 Å². The Kier molecular flexibility index (Phi) is 5.48. The van der Waals surface area contributed by atoms with Crippen LogP contribution in [0.4, 0.5) is 5.69 Å². The molecule has 25 heavy (non-hydrogen) atoms. The van der Waals surface area contributed by atoms with Crippen LogP contribution < -0.4 is 4.90 Å². The fourth-order valence-electron chi connectivity index (χ4n) is 3.96. The average Bonchev–Trinajstić information content (AvgIpc) is 2.54. The third-order valence-electron chi connectivity index (χ3n) is 5.25. The molecule has 0 bridgehead atoms. The molecule has 134 valence electrons. The van der Waals surface area contributed by atoms with Crippen molar-refractivity contribution in [3.63, 3.8) is 0 Å². The Balaban J connectivity index is 1.74. The molecule has 0 saturated carbocycles. The van der Waals surface area contributed by atoms with Crippen molar-refractivity contribution in [2.75, 3.05) is 18.0 Å². The third kappa shape index (κ3) is 4.43. The van der Waals surface area contributed by atoms with E-state index in [1.165, 1.54) is 33.5 Å². The molecule has 3 rings (SSSR count). The first-order valence-electron chi connectivity index (χ1n) is 9.48. The molecule has 0 unspecified atom stereocenters. The van der Waals surface area contributed by atoms with E-state index in [1.807, 2.05) is 0 Å². The second kappa shape index (κ2) is 7.61. The van der Waals surface area contributed by atoms with Crippen LogP contribution in [0.25, 0.3) is 0 Å². The number of rotatable bonds is 4. The maximum Gasteiger partial charge on any atom is 0.0726 e. The summed E-state index contributed by atoms with van der Waals surface area (Å²) >= 11 is 0. The molecule has 2 nitrogen and oxygen atoms in total. The van der Waals surface area contributed by atoms with Crippen LogP contribution in [0.1, 0.15) is 41.7 Å². The van der Waals surface area contributed by atoms with E-state index in [1.54, 1.807) is 0 Å². The Hall–Kier alpha value is -1.80. The molecule has 0 aromatic heterocycles. The van der Waals surface area contributed by atoms with E-state index in [9.17, 15) is 0 Å². The van der Waals surface area contributed by atoms with Gasteiger partial charge in [0.25, 0.3) is 0 Å². The Morgan fingerprint density at radius 1 is 0.880 bits per heavy atom. The number of benzene rings is 2. The van der Waals surface area contributed by atoms with Gasteiger partial charge in [0, 0.05) is 18.8 Å². The monoisotopic (exact) mass is 337 g/mol. The predicted octanol–water partition coefficient (Wildman–Crippen LogP) is 5.01. The summed E-state index contributed by atoms with van der Waals surface area (Å²) in [4.78, 5) is 2.47. The zero-order valence-electron chi connectivity index (χ0n) is 16.3. The molecular formula is C23H31NO.